The highest BCUT2D eigenvalue weighted by atomic mass is 33.2. The van der Waals surface area contributed by atoms with Crippen molar-refractivity contribution in [2.45, 2.75) is 13.8 Å². The zero-order valence-electron chi connectivity index (χ0n) is 6.76. The summed E-state index contributed by atoms with van der Waals surface area (Å²) in [6.07, 6.45) is 2.33. The van der Waals surface area contributed by atoms with E-state index in [4.69, 9.17) is 0 Å². The van der Waals surface area contributed by atoms with Crippen LogP contribution in [0.25, 0.3) is 0 Å². The van der Waals surface area contributed by atoms with Crippen molar-refractivity contribution in [1.82, 2.24) is 0 Å². The fourth-order valence-electron chi connectivity index (χ4n) is 0.488. The Morgan fingerprint density at radius 1 is 0.750 bits per heavy atom. The van der Waals surface area contributed by atoms with Crippen LogP contribution in [0, 0.1) is 0 Å². The van der Waals surface area contributed by atoms with E-state index in [1.807, 2.05) is 0 Å². The molecule has 4 nitrogen and oxygen atoms in total. The summed E-state index contributed by atoms with van der Waals surface area (Å²) >= 11 is 0. The molecule has 0 unspecified atom stereocenters. The Hall–Kier alpha value is -0.620. The molecule has 70 valence electrons. The number of rotatable bonds is 3. The van der Waals surface area contributed by atoms with Crippen LogP contribution in [0.3, 0.4) is 0 Å². The van der Waals surface area contributed by atoms with Crippen molar-refractivity contribution >= 4 is 17.7 Å². The summed E-state index contributed by atoms with van der Waals surface area (Å²) in [5.41, 5.74) is 0. The Labute approximate surface area is 71.8 Å². The normalized spacial score (nSPS) is 14.5. The van der Waals surface area contributed by atoms with Gasteiger partial charge in [-0.15, -0.1) is 0 Å². The van der Waals surface area contributed by atoms with Gasteiger partial charge in [-0.05, 0) is 13.8 Å². The standard InChI is InChI=1S/C6H10O4S2/c1-3-5-11(7,8)12(9,10)6-4-2/h3-6H,1-2H3. The lowest BCUT2D eigenvalue weighted by Crippen LogP contribution is -2.08. The predicted molar refractivity (Wildman–Crippen MR) is 47.5 cm³/mol. The molecule has 0 amide bonds. The van der Waals surface area contributed by atoms with Gasteiger partial charge in [0.2, 0.25) is 0 Å². The van der Waals surface area contributed by atoms with Gasteiger partial charge in [0.1, 0.15) is 0 Å². The summed E-state index contributed by atoms with van der Waals surface area (Å²) < 4.78 is 43.7. The maximum absolute atomic E-state index is 10.9. The highest BCUT2D eigenvalue weighted by Gasteiger charge is 2.22. The molecule has 0 bridgehead atoms. The molecule has 6 heteroatoms. The number of hydrogen-bond donors (Lipinski definition) is 0. The van der Waals surface area contributed by atoms with E-state index in [0.29, 0.717) is 10.8 Å². The topological polar surface area (TPSA) is 68.3 Å². The molecule has 0 atom stereocenters. The van der Waals surface area contributed by atoms with Crippen molar-refractivity contribution < 1.29 is 16.8 Å². The third-order valence-electron chi connectivity index (χ3n) is 0.929. The SMILES string of the molecule is CC=CS(=O)(=O)S(=O)(=O)C=CC. The molecular formula is C6H10O4S2. The van der Waals surface area contributed by atoms with E-state index in [-0.39, 0.29) is 0 Å². The fraction of sp³-hybridized carbons (Fsp3) is 0.333. The predicted octanol–water partition coefficient (Wildman–Crippen LogP) is 0.798. The number of hydrogen-bond acceptors (Lipinski definition) is 4. The summed E-state index contributed by atoms with van der Waals surface area (Å²) in [5, 5.41) is 1.31. The van der Waals surface area contributed by atoms with Crippen molar-refractivity contribution in [3.8, 4) is 0 Å². The summed E-state index contributed by atoms with van der Waals surface area (Å²) in [6.45, 7) is 2.87. The monoisotopic (exact) mass is 210 g/mol. The summed E-state index contributed by atoms with van der Waals surface area (Å²) in [7, 11) is -8.33. The van der Waals surface area contributed by atoms with Gasteiger partial charge in [0, 0.05) is 10.8 Å². The zero-order valence-corrected chi connectivity index (χ0v) is 8.39. The first-order valence-electron chi connectivity index (χ1n) is 3.13. The first-order chi connectivity index (χ1) is 5.37. The van der Waals surface area contributed by atoms with Crippen molar-refractivity contribution in [3.05, 3.63) is 23.0 Å². The van der Waals surface area contributed by atoms with Crippen LogP contribution in [0.4, 0.5) is 0 Å². The third-order valence-corrected chi connectivity index (χ3v) is 5.40. The molecule has 0 aliphatic heterocycles. The average molecular weight is 210 g/mol. The zero-order chi connectivity index (χ0) is 9.83. The maximum atomic E-state index is 10.9. The third kappa shape index (κ3) is 2.46. The lowest BCUT2D eigenvalue weighted by Gasteiger charge is -1.93. The molecule has 12 heavy (non-hydrogen) atoms. The molecule has 0 aromatic heterocycles. The van der Waals surface area contributed by atoms with Crippen molar-refractivity contribution in [2.75, 3.05) is 0 Å². The van der Waals surface area contributed by atoms with Crippen LogP contribution in [0.5, 0.6) is 0 Å². The average Bonchev–Trinajstić information content (AvgIpc) is 1.86. The van der Waals surface area contributed by atoms with Gasteiger partial charge >= 0.3 is 0 Å². The first-order valence-corrected chi connectivity index (χ1v) is 6.74. The molecule has 0 aromatic carbocycles. The molecule has 0 aromatic rings. The molecule has 0 heterocycles. The lowest BCUT2D eigenvalue weighted by molar-refractivity contribution is 0.592. The Kier molecular flexibility index (Phi) is 3.66. The molecule has 0 rings (SSSR count). The van der Waals surface area contributed by atoms with E-state index in [1.54, 1.807) is 0 Å². The lowest BCUT2D eigenvalue weighted by atomic mass is 10.8. The Bertz CT molecular complexity index is 343. The van der Waals surface area contributed by atoms with Crippen LogP contribution < -0.4 is 0 Å². The van der Waals surface area contributed by atoms with Crippen LogP contribution in [-0.4, -0.2) is 16.8 Å². The van der Waals surface area contributed by atoms with Crippen molar-refractivity contribution in [2.24, 2.45) is 0 Å². The second kappa shape index (κ2) is 3.86. The van der Waals surface area contributed by atoms with Crippen LogP contribution in [0.1, 0.15) is 13.8 Å². The van der Waals surface area contributed by atoms with Crippen LogP contribution in [0.2, 0.25) is 0 Å². The van der Waals surface area contributed by atoms with Gasteiger partial charge in [-0.25, -0.2) is 16.8 Å². The summed E-state index contributed by atoms with van der Waals surface area (Å²) in [4.78, 5) is 0. The van der Waals surface area contributed by atoms with Gasteiger partial charge in [-0.3, -0.25) is 0 Å². The molecule has 0 aliphatic carbocycles. The fourth-order valence-corrected chi connectivity index (χ4v) is 3.06. The molecular weight excluding hydrogens is 200 g/mol. The van der Waals surface area contributed by atoms with Gasteiger partial charge in [0.25, 0.3) is 17.7 Å². The maximum Gasteiger partial charge on any atom is 0.278 e. The van der Waals surface area contributed by atoms with Gasteiger partial charge in [0.15, 0.2) is 0 Å². The van der Waals surface area contributed by atoms with E-state index < -0.39 is 17.7 Å². The highest BCUT2D eigenvalue weighted by molar-refractivity contribution is 8.69. The minimum Gasteiger partial charge on any atom is -0.208 e. The summed E-state index contributed by atoms with van der Waals surface area (Å²) in [6, 6.07) is 0. The minimum absolute atomic E-state index is 0.655. The Balaban J connectivity index is 5.36. The molecule has 0 spiro atoms. The molecule has 0 fully saturated rings. The molecule has 0 saturated carbocycles. The smallest absolute Gasteiger partial charge is 0.208 e. The largest absolute Gasteiger partial charge is 0.278 e. The van der Waals surface area contributed by atoms with E-state index in [9.17, 15) is 16.8 Å². The van der Waals surface area contributed by atoms with E-state index in [1.165, 1.54) is 13.8 Å². The van der Waals surface area contributed by atoms with Gasteiger partial charge in [-0.1, -0.05) is 12.2 Å². The van der Waals surface area contributed by atoms with Crippen LogP contribution in [0.15, 0.2) is 23.0 Å². The number of allylic oxidation sites excluding steroid dienone is 2. The highest BCUT2D eigenvalue weighted by Crippen LogP contribution is 2.07. The quantitative estimate of drug-likeness (QED) is 0.646. The Morgan fingerprint density at radius 2 is 1.00 bits per heavy atom. The molecule has 0 aliphatic rings. The van der Waals surface area contributed by atoms with E-state index >= 15 is 0 Å². The van der Waals surface area contributed by atoms with Crippen molar-refractivity contribution in [3.63, 3.8) is 0 Å². The Morgan fingerprint density at radius 3 is 1.17 bits per heavy atom. The molecule has 0 saturated heterocycles. The van der Waals surface area contributed by atoms with E-state index in [2.05, 4.69) is 0 Å². The minimum atomic E-state index is -4.17. The first kappa shape index (κ1) is 11.4. The van der Waals surface area contributed by atoms with Crippen LogP contribution >= 0.6 is 0 Å². The van der Waals surface area contributed by atoms with E-state index in [0.717, 1.165) is 12.2 Å². The van der Waals surface area contributed by atoms with Crippen molar-refractivity contribution in [1.29, 1.82) is 0 Å². The van der Waals surface area contributed by atoms with Gasteiger partial charge in [-0.2, -0.15) is 0 Å². The van der Waals surface area contributed by atoms with Gasteiger partial charge < -0.3 is 0 Å². The second-order valence-corrected chi connectivity index (χ2v) is 7.23. The van der Waals surface area contributed by atoms with Gasteiger partial charge in [0.05, 0.1) is 0 Å². The summed E-state index contributed by atoms with van der Waals surface area (Å²) in [5.74, 6) is 0. The molecule has 0 radical (unpaired) electrons. The molecule has 0 N–H and O–H groups in total. The second-order valence-electron chi connectivity index (χ2n) is 1.92. The van der Waals surface area contributed by atoms with Crippen LogP contribution in [-0.2, 0) is 17.7 Å².